The van der Waals surface area contributed by atoms with Gasteiger partial charge in [-0.2, -0.15) is 0 Å². The van der Waals surface area contributed by atoms with Gasteiger partial charge < -0.3 is 15.8 Å². The quantitative estimate of drug-likeness (QED) is 0.839. The van der Waals surface area contributed by atoms with Crippen molar-refractivity contribution in [3.8, 4) is 5.75 Å². The molecule has 4 heteroatoms. The summed E-state index contributed by atoms with van der Waals surface area (Å²) in [5.74, 6) is 0.401. The minimum absolute atomic E-state index is 0.163. The van der Waals surface area contributed by atoms with Crippen LogP contribution >= 0.6 is 0 Å². The van der Waals surface area contributed by atoms with Crippen molar-refractivity contribution in [1.82, 2.24) is 5.32 Å². The van der Waals surface area contributed by atoms with Crippen LogP contribution in [-0.2, 0) is 6.54 Å². The number of benzene rings is 2. The van der Waals surface area contributed by atoms with Crippen LogP contribution in [0.3, 0.4) is 0 Å². The number of rotatable bonds is 4. The van der Waals surface area contributed by atoms with Gasteiger partial charge in [0.15, 0.2) is 0 Å². The molecular weight excluding hydrogens is 252 g/mol. The molecule has 20 heavy (non-hydrogen) atoms. The lowest BCUT2D eigenvalue weighted by molar-refractivity contribution is 0.0948. The number of methoxy groups -OCH3 is 1. The molecule has 0 aliphatic carbocycles. The number of hydrogen-bond acceptors (Lipinski definition) is 3. The van der Waals surface area contributed by atoms with E-state index in [9.17, 15) is 4.79 Å². The van der Waals surface area contributed by atoms with E-state index in [0.717, 1.165) is 16.8 Å². The molecular formula is C16H18N2O2. The number of para-hydroxylation sites is 1. The fourth-order valence-corrected chi connectivity index (χ4v) is 2.00. The van der Waals surface area contributed by atoms with Crippen LogP contribution in [0.15, 0.2) is 42.5 Å². The van der Waals surface area contributed by atoms with Gasteiger partial charge in [-0.15, -0.1) is 0 Å². The maximum Gasteiger partial charge on any atom is 0.255 e. The molecule has 2 rings (SSSR count). The van der Waals surface area contributed by atoms with Crippen molar-refractivity contribution in [3.63, 3.8) is 0 Å². The van der Waals surface area contributed by atoms with E-state index in [1.54, 1.807) is 19.2 Å². The molecule has 0 atom stereocenters. The normalized spacial score (nSPS) is 10.1. The molecule has 0 fully saturated rings. The first-order chi connectivity index (χ1) is 9.63. The van der Waals surface area contributed by atoms with E-state index in [1.165, 1.54) is 0 Å². The molecule has 0 unspecified atom stereocenters. The van der Waals surface area contributed by atoms with Gasteiger partial charge in [0.1, 0.15) is 5.75 Å². The number of carbonyl (C=O) groups excluding carboxylic acids is 1. The van der Waals surface area contributed by atoms with E-state index < -0.39 is 0 Å². The number of ether oxygens (including phenoxy) is 1. The third-order valence-corrected chi connectivity index (χ3v) is 3.28. The minimum Gasteiger partial charge on any atom is -0.496 e. The maximum atomic E-state index is 12.2. The van der Waals surface area contributed by atoms with Crippen LogP contribution in [0.4, 0.5) is 5.69 Å². The summed E-state index contributed by atoms with van der Waals surface area (Å²) in [5.41, 5.74) is 9.11. The highest BCUT2D eigenvalue weighted by molar-refractivity contribution is 5.96. The largest absolute Gasteiger partial charge is 0.496 e. The molecule has 0 aliphatic heterocycles. The fraction of sp³-hybridized carbons (Fsp3) is 0.188. The van der Waals surface area contributed by atoms with E-state index in [1.807, 2.05) is 37.3 Å². The standard InChI is InChI=1S/C16H18N2O2/c1-11-12(6-5-8-14(11)17)10-18-16(19)13-7-3-4-9-15(13)20-2/h3-9H,10,17H2,1-2H3,(H,18,19). The lowest BCUT2D eigenvalue weighted by Crippen LogP contribution is -2.23. The monoisotopic (exact) mass is 270 g/mol. The van der Waals surface area contributed by atoms with Gasteiger partial charge in [0, 0.05) is 12.2 Å². The van der Waals surface area contributed by atoms with Gasteiger partial charge >= 0.3 is 0 Å². The zero-order valence-corrected chi connectivity index (χ0v) is 11.6. The van der Waals surface area contributed by atoms with Gasteiger partial charge in [-0.05, 0) is 36.2 Å². The van der Waals surface area contributed by atoms with Crippen LogP contribution in [0.1, 0.15) is 21.5 Å². The maximum absolute atomic E-state index is 12.2. The summed E-state index contributed by atoms with van der Waals surface area (Å²) in [6.45, 7) is 2.38. The molecule has 3 N–H and O–H groups in total. The summed E-state index contributed by atoms with van der Waals surface area (Å²) < 4.78 is 5.18. The van der Waals surface area contributed by atoms with Crippen LogP contribution in [0.5, 0.6) is 5.75 Å². The number of carbonyl (C=O) groups is 1. The molecule has 0 spiro atoms. The van der Waals surface area contributed by atoms with Gasteiger partial charge in [-0.3, -0.25) is 4.79 Å². The van der Waals surface area contributed by atoms with Crippen molar-refractivity contribution < 1.29 is 9.53 Å². The number of nitrogen functional groups attached to an aromatic ring is 1. The average molecular weight is 270 g/mol. The lowest BCUT2D eigenvalue weighted by Gasteiger charge is -2.11. The summed E-state index contributed by atoms with van der Waals surface area (Å²) in [5, 5.41) is 2.88. The molecule has 0 saturated heterocycles. The Kier molecular flexibility index (Phi) is 4.25. The predicted octanol–water partition coefficient (Wildman–Crippen LogP) is 2.52. The first-order valence-electron chi connectivity index (χ1n) is 6.38. The first-order valence-corrected chi connectivity index (χ1v) is 6.38. The zero-order valence-electron chi connectivity index (χ0n) is 11.6. The van der Waals surface area contributed by atoms with Crippen molar-refractivity contribution in [2.75, 3.05) is 12.8 Å². The SMILES string of the molecule is COc1ccccc1C(=O)NCc1cccc(N)c1C. The molecule has 1 amide bonds. The second-order valence-electron chi connectivity index (χ2n) is 4.51. The van der Waals surface area contributed by atoms with Gasteiger partial charge in [0.25, 0.3) is 5.91 Å². The van der Waals surface area contributed by atoms with Crippen molar-refractivity contribution in [3.05, 3.63) is 59.2 Å². The Morgan fingerprint density at radius 2 is 1.95 bits per heavy atom. The van der Waals surface area contributed by atoms with Gasteiger partial charge in [-0.1, -0.05) is 24.3 Å². The van der Waals surface area contributed by atoms with E-state index in [4.69, 9.17) is 10.5 Å². The van der Waals surface area contributed by atoms with Crippen molar-refractivity contribution >= 4 is 11.6 Å². The number of anilines is 1. The van der Waals surface area contributed by atoms with E-state index in [0.29, 0.717) is 17.9 Å². The van der Waals surface area contributed by atoms with Gasteiger partial charge in [-0.25, -0.2) is 0 Å². The highest BCUT2D eigenvalue weighted by atomic mass is 16.5. The Labute approximate surface area is 118 Å². The lowest BCUT2D eigenvalue weighted by atomic mass is 10.1. The second-order valence-corrected chi connectivity index (χ2v) is 4.51. The zero-order chi connectivity index (χ0) is 14.5. The molecule has 2 aromatic rings. The number of hydrogen-bond donors (Lipinski definition) is 2. The third-order valence-electron chi connectivity index (χ3n) is 3.28. The second kappa shape index (κ2) is 6.10. The minimum atomic E-state index is -0.163. The Morgan fingerprint density at radius 3 is 2.70 bits per heavy atom. The number of amides is 1. The molecule has 2 aromatic carbocycles. The Balaban J connectivity index is 2.11. The van der Waals surface area contributed by atoms with Gasteiger partial charge in [0.2, 0.25) is 0 Å². The van der Waals surface area contributed by atoms with Crippen molar-refractivity contribution in [1.29, 1.82) is 0 Å². The summed E-state index contributed by atoms with van der Waals surface area (Å²) in [6, 6.07) is 12.8. The number of nitrogens with two attached hydrogens (primary N) is 1. The van der Waals surface area contributed by atoms with Crippen molar-refractivity contribution in [2.45, 2.75) is 13.5 Å². The number of nitrogens with one attached hydrogen (secondary N) is 1. The molecule has 0 aliphatic rings. The van der Waals surface area contributed by atoms with Crippen LogP contribution < -0.4 is 15.8 Å². The Hall–Kier alpha value is -2.49. The molecule has 0 saturated carbocycles. The Bertz CT molecular complexity index is 624. The van der Waals surface area contributed by atoms with Crippen LogP contribution in [0.2, 0.25) is 0 Å². The molecule has 0 bridgehead atoms. The molecule has 4 nitrogen and oxygen atoms in total. The highest BCUT2D eigenvalue weighted by Crippen LogP contribution is 2.18. The molecule has 0 radical (unpaired) electrons. The molecule has 0 aromatic heterocycles. The van der Waals surface area contributed by atoms with E-state index in [2.05, 4.69) is 5.32 Å². The van der Waals surface area contributed by atoms with Crippen LogP contribution in [-0.4, -0.2) is 13.0 Å². The van der Waals surface area contributed by atoms with E-state index in [-0.39, 0.29) is 5.91 Å². The van der Waals surface area contributed by atoms with Crippen LogP contribution in [0.25, 0.3) is 0 Å². The predicted molar refractivity (Wildman–Crippen MR) is 79.8 cm³/mol. The summed E-state index contributed by atoms with van der Waals surface area (Å²) in [7, 11) is 1.55. The van der Waals surface area contributed by atoms with Crippen LogP contribution in [0, 0.1) is 6.92 Å². The summed E-state index contributed by atoms with van der Waals surface area (Å²) >= 11 is 0. The third kappa shape index (κ3) is 2.91. The highest BCUT2D eigenvalue weighted by Gasteiger charge is 2.11. The van der Waals surface area contributed by atoms with Gasteiger partial charge in [0.05, 0.1) is 12.7 Å². The topological polar surface area (TPSA) is 64.3 Å². The van der Waals surface area contributed by atoms with E-state index >= 15 is 0 Å². The fourth-order valence-electron chi connectivity index (χ4n) is 2.00. The molecule has 104 valence electrons. The van der Waals surface area contributed by atoms with Crippen molar-refractivity contribution in [2.24, 2.45) is 0 Å². The average Bonchev–Trinajstić information content (AvgIpc) is 2.48. The molecule has 0 heterocycles. The first kappa shape index (κ1) is 13.9. The summed E-state index contributed by atoms with van der Waals surface area (Å²) in [4.78, 5) is 12.2. The smallest absolute Gasteiger partial charge is 0.255 e. The Morgan fingerprint density at radius 1 is 1.20 bits per heavy atom. The summed E-state index contributed by atoms with van der Waals surface area (Å²) in [6.07, 6.45) is 0.